The van der Waals surface area contributed by atoms with E-state index < -0.39 is 0 Å². The number of aliphatic hydroxyl groups excluding tert-OH is 1. The summed E-state index contributed by atoms with van der Waals surface area (Å²) in [6.45, 7) is 10.2. The van der Waals surface area contributed by atoms with Crippen LogP contribution < -0.4 is 0 Å². The maximum Gasteiger partial charge on any atom is 0.0684 e. The first-order valence-corrected chi connectivity index (χ1v) is 9.40. The van der Waals surface area contributed by atoms with E-state index in [0.29, 0.717) is 18.0 Å². The Morgan fingerprint density at radius 1 is 1.00 bits per heavy atom. The number of aliphatic hydroxyl groups is 1. The molecular formula is C20H29NOS. The highest BCUT2D eigenvalue weighted by atomic mass is 32.1. The van der Waals surface area contributed by atoms with Gasteiger partial charge in [-0.05, 0) is 63.2 Å². The maximum absolute atomic E-state index is 9.71. The first kappa shape index (κ1) is 18.2. The fourth-order valence-electron chi connectivity index (χ4n) is 3.35. The summed E-state index contributed by atoms with van der Waals surface area (Å²) in [5.74, 6) is 0.360. The minimum absolute atomic E-state index is 0.107. The van der Waals surface area contributed by atoms with Crippen LogP contribution in [-0.4, -0.2) is 28.6 Å². The Bertz CT molecular complexity index is 569. The Morgan fingerprint density at radius 2 is 1.70 bits per heavy atom. The van der Waals surface area contributed by atoms with E-state index in [1.807, 2.05) is 23.5 Å². The average Bonchev–Trinajstić information content (AvgIpc) is 3.05. The van der Waals surface area contributed by atoms with Crippen molar-refractivity contribution in [2.75, 3.05) is 6.54 Å². The molecule has 0 bridgehead atoms. The predicted molar refractivity (Wildman–Crippen MR) is 100 cm³/mol. The van der Waals surface area contributed by atoms with E-state index in [9.17, 15) is 5.11 Å². The molecule has 1 heterocycles. The predicted octanol–water partition coefficient (Wildman–Crippen LogP) is 4.88. The Labute approximate surface area is 144 Å². The molecule has 0 amide bonds. The third kappa shape index (κ3) is 4.66. The second-order valence-corrected chi connectivity index (χ2v) is 7.62. The zero-order valence-electron chi connectivity index (χ0n) is 14.7. The standard InChI is InChI=1S/C20H29NOS/c1-15(2)21(16(3)4)12-11-19(20-10-7-13-23-20)18-9-6-5-8-17(18)14-22/h5-10,13,15-16,19,22H,11-12,14H2,1-4H3. The smallest absolute Gasteiger partial charge is 0.0684 e. The van der Waals surface area contributed by atoms with Crippen molar-refractivity contribution in [3.63, 3.8) is 0 Å². The first-order valence-electron chi connectivity index (χ1n) is 8.52. The van der Waals surface area contributed by atoms with E-state index in [1.165, 1.54) is 10.4 Å². The van der Waals surface area contributed by atoms with Crippen LogP contribution in [0.15, 0.2) is 41.8 Å². The van der Waals surface area contributed by atoms with Gasteiger partial charge in [0.15, 0.2) is 0 Å². The van der Waals surface area contributed by atoms with Crippen LogP contribution in [0.1, 0.15) is 56.0 Å². The van der Waals surface area contributed by atoms with Gasteiger partial charge < -0.3 is 5.11 Å². The van der Waals surface area contributed by atoms with E-state index in [2.05, 4.69) is 62.2 Å². The molecular weight excluding hydrogens is 302 g/mol. The number of nitrogens with zero attached hydrogens (tertiary/aromatic N) is 1. The van der Waals surface area contributed by atoms with Crippen molar-refractivity contribution in [2.24, 2.45) is 0 Å². The minimum atomic E-state index is 0.107. The third-order valence-corrected chi connectivity index (χ3v) is 5.48. The van der Waals surface area contributed by atoms with Gasteiger partial charge in [-0.2, -0.15) is 0 Å². The molecule has 126 valence electrons. The number of hydrogen-bond acceptors (Lipinski definition) is 3. The summed E-state index contributed by atoms with van der Waals surface area (Å²) in [5.41, 5.74) is 2.32. The quantitative estimate of drug-likeness (QED) is 0.745. The molecule has 0 aliphatic carbocycles. The van der Waals surface area contributed by atoms with Gasteiger partial charge in [-0.25, -0.2) is 0 Å². The monoisotopic (exact) mass is 331 g/mol. The summed E-state index contributed by atoms with van der Waals surface area (Å²) in [5, 5.41) is 11.9. The number of rotatable bonds is 8. The summed E-state index contributed by atoms with van der Waals surface area (Å²) in [6.07, 6.45) is 1.08. The molecule has 1 unspecified atom stereocenters. The summed E-state index contributed by atoms with van der Waals surface area (Å²) in [6, 6.07) is 13.7. The van der Waals surface area contributed by atoms with Crippen LogP contribution in [0.4, 0.5) is 0 Å². The molecule has 0 spiro atoms. The van der Waals surface area contributed by atoms with Crippen molar-refractivity contribution in [3.05, 3.63) is 57.8 Å². The van der Waals surface area contributed by atoms with Crippen LogP contribution >= 0.6 is 11.3 Å². The summed E-state index contributed by atoms with van der Waals surface area (Å²) >= 11 is 1.81. The largest absolute Gasteiger partial charge is 0.392 e. The molecule has 2 aromatic rings. The lowest BCUT2D eigenvalue weighted by Gasteiger charge is -2.32. The van der Waals surface area contributed by atoms with Gasteiger partial charge in [0, 0.05) is 22.9 Å². The zero-order chi connectivity index (χ0) is 16.8. The molecule has 1 aromatic carbocycles. The highest BCUT2D eigenvalue weighted by Gasteiger charge is 2.21. The summed E-state index contributed by atoms with van der Waals surface area (Å²) in [7, 11) is 0. The van der Waals surface area contributed by atoms with E-state index in [0.717, 1.165) is 18.5 Å². The lowest BCUT2D eigenvalue weighted by atomic mass is 9.90. The van der Waals surface area contributed by atoms with Crippen LogP contribution in [-0.2, 0) is 6.61 Å². The SMILES string of the molecule is CC(C)N(CCC(c1cccs1)c1ccccc1CO)C(C)C. The fourth-order valence-corrected chi connectivity index (χ4v) is 4.23. The number of hydrogen-bond donors (Lipinski definition) is 1. The summed E-state index contributed by atoms with van der Waals surface area (Å²) in [4.78, 5) is 3.93. The van der Waals surface area contributed by atoms with Gasteiger partial charge >= 0.3 is 0 Å². The van der Waals surface area contributed by atoms with Crippen molar-refractivity contribution in [2.45, 2.75) is 58.7 Å². The molecule has 0 fully saturated rings. The lowest BCUT2D eigenvalue weighted by molar-refractivity contribution is 0.170. The van der Waals surface area contributed by atoms with Crippen molar-refractivity contribution < 1.29 is 5.11 Å². The maximum atomic E-state index is 9.71. The first-order chi connectivity index (χ1) is 11.0. The molecule has 0 saturated carbocycles. The fraction of sp³-hybridized carbons (Fsp3) is 0.500. The van der Waals surface area contributed by atoms with Gasteiger partial charge in [-0.1, -0.05) is 30.3 Å². The van der Waals surface area contributed by atoms with Crippen LogP contribution in [0.5, 0.6) is 0 Å². The van der Waals surface area contributed by atoms with Crippen molar-refractivity contribution >= 4 is 11.3 Å². The topological polar surface area (TPSA) is 23.5 Å². The van der Waals surface area contributed by atoms with Gasteiger partial charge in [0.25, 0.3) is 0 Å². The van der Waals surface area contributed by atoms with Crippen LogP contribution in [0, 0.1) is 0 Å². The van der Waals surface area contributed by atoms with Crippen LogP contribution in [0.2, 0.25) is 0 Å². The highest BCUT2D eigenvalue weighted by Crippen LogP contribution is 2.34. The van der Waals surface area contributed by atoms with Gasteiger partial charge in [-0.3, -0.25) is 4.90 Å². The lowest BCUT2D eigenvalue weighted by Crippen LogP contribution is -2.38. The molecule has 0 saturated heterocycles. The number of thiophene rings is 1. The Morgan fingerprint density at radius 3 is 2.26 bits per heavy atom. The van der Waals surface area contributed by atoms with Crippen molar-refractivity contribution in [3.8, 4) is 0 Å². The van der Waals surface area contributed by atoms with Crippen molar-refractivity contribution in [1.82, 2.24) is 4.90 Å². The normalized spacial score (nSPS) is 13.2. The van der Waals surface area contributed by atoms with Gasteiger partial charge in [0.2, 0.25) is 0 Å². The Hall–Kier alpha value is -1.16. The second kappa shape index (κ2) is 8.62. The van der Waals surface area contributed by atoms with Crippen molar-refractivity contribution in [1.29, 1.82) is 0 Å². The van der Waals surface area contributed by atoms with E-state index >= 15 is 0 Å². The average molecular weight is 332 g/mol. The zero-order valence-corrected chi connectivity index (χ0v) is 15.5. The van der Waals surface area contributed by atoms with Gasteiger partial charge in [0.1, 0.15) is 0 Å². The molecule has 23 heavy (non-hydrogen) atoms. The molecule has 0 radical (unpaired) electrons. The number of benzene rings is 1. The van der Waals surface area contributed by atoms with Crippen LogP contribution in [0.3, 0.4) is 0 Å². The Balaban J connectivity index is 2.26. The second-order valence-electron chi connectivity index (χ2n) is 6.64. The minimum Gasteiger partial charge on any atom is -0.392 e. The molecule has 2 nitrogen and oxygen atoms in total. The highest BCUT2D eigenvalue weighted by molar-refractivity contribution is 7.10. The molecule has 0 aliphatic heterocycles. The molecule has 0 aliphatic rings. The molecule has 2 rings (SSSR count). The van der Waals surface area contributed by atoms with E-state index in [1.54, 1.807) is 0 Å². The van der Waals surface area contributed by atoms with Crippen LogP contribution in [0.25, 0.3) is 0 Å². The third-order valence-electron chi connectivity index (χ3n) is 4.49. The molecule has 3 heteroatoms. The molecule has 1 N–H and O–H groups in total. The van der Waals surface area contributed by atoms with Gasteiger partial charge in [0.05, 0.1) is 6.61 Å². The van der Waals surface area contributed by atoms with Gasteiger partial charge in [-0.15, -0.1) is 11.3 Å². The molecule has 1 atom stereocenters. The van der Waals surface area contributed by atoms with E-state index in [-0.39, 0.29) is 6.61 Å². The Kier molecular flexibility index (Phi) is 6.82. The van der Waals surface area contributed by atoms with E-state index in [4.69, 9.17) is 0 Å². The molecule has 1 aromatic heterocycles. The summed E-state index contributed by atoms with van der Waals surface area (Å²) < 4.78 is 0.